The minimum absolute atomic E-state index is 0.0112. The molecule has 1 amide bonds. The van der Waals surface area contributed by atoms with Crippen molar-refractivity contribution in [2.24, 2.45) is 0 Å². The number of likely N-dealkylation sites (tertiary alicyclic amines) is 1. The number of hydrogen-bond acceptors (Lipinski definition) is 6. The molecule has 2 aliphatic rings. The molecule has 0 saturated carbocycles. The van der Waals surface area contributed by atoms with Crippen molar-refractivity contribution in [2.75, 3.05) is 19.7 Å². The molecule has 2 heterocycles. The number of ether oxygens (including phenoxy) is 1. The van der Waals surface area contributed by atoms with E-state index in [4.69, 9.17) is 19.1 Å². The second kappa shape index (κ2) is 11.3. The Morgan fingerprint density at radius 2 is 1.86 bits per heavy atom. The van der Waals surface area contributed by atoms with Gasteiger partial charge in [-0.05, 0) is 80.6 Å². The minimum Gasteiger partial charge on any atom is -0.490 e. The summed E-state index contributed by atoms with van der Waals surface area (Å²) in [6.07, 6.45) is 6.54. The normalized spacial score (nSPS) is 18.4. The first-order chi connectivity index (χ1) is 19.8. The molecule has 2 aromatic carbocycles. The zero-order chi connectivity index (χ0) is 30.3. The van der Waals surface area contributed by atoms with Gasteiger partial charge in [0.1, 0.15) is 18.4 Å². The van der Waals surface area contributed by atoms with Gasteiger partial charge >= 0.3 is 0 Å². The monoisotopic (exact) mass is 582 g/mol. The Morgan fingerprint density at radius 1 is 1.12 bits per heavy atom. The molecule has 1 saturated heterocycles. The van der Waals surface area contributed by atoms with E-state index in [0.29, 0.717) is 17.0 Å². The van der Waals surface area contributed by atoms with E-state index in [2.05, 4.69) is 58.1 Å². The second-order valence-corrected chi connectivity index (χ2v) is 18.3. The van der Waals surface area contributed by atoms with Crippen molar-refractivity contribution in [3.8, 4) is 34.3 Å². The highest BCUT2D eigenvalue weighted by Gasteiger charge is 2.46. The number of carbonyl (C=O) groups is 1. The quantitative estimate of drug-likeness (QED) is 0.281. The van der Waals surface area contributed by atoms with Gasteiger partial charge in [-0.25, -0.2) is 0 Å². The highest BCUT2D eigenvalue weighted by atomic mass is 28.4. The Bertz CT molecular complexity index is 1520. The lowest BCUT2D eigenvalue weighted by molar-refractivity contribution is -0.132. The molecular formula is C34H42N4O3Si. The van der Waals surface area contributed by atoms with Crippen LogP contribution < -0.4 is 4.74 Å². The van der Waals surface area contributed by atoms with Gasteiger partial charge in [-0.3, -0.25) is 14.8 Å². The first kappa shape index (κ1) is 29.9. The van der Waals surface area contributed by atoms with Crippen LogP contribution in [0, 0.1) is 11.3 Å². The van der Waals surface area contributed by atoms with E-state index in [0.717, 1.165) is 49.2 Å². The van der Waals surface area contributed by atoms with Gasteiger partial charge in [-0.15, -0.1) is 0 Å². The first-order valence-electron chi connectivity index (χ1n) is 14.9. The van der Waals surface area contributed by atoms with Crippen LogP contribution >= 0.6 is 0 Å². The van der Waals surface area contributed by atoms with E-state index in [9.17, 15) is 10.1 Å². The van der Waals surface area contributed by atoms with Crippen molar-refractivity contribution in [3.05, 3.63) is 65.5 Å². The number of hydrogen-bond donors (Lipinski definition) is 0. The summed E-state index contributed by atoms with van der Waals surface area (Å²) in [6.45, 7) is 16.5. The summed E-state index contributed by atoms with van der Waals surface area (Å²) in [7, 11) is -1.98. The minimum atomic E-state index is -1.98. The molecule has 8 heteroatoms. The maximum absolute atomic E-state index is 13.2. The molecule has 220 valence electrons. The van der Waals surface area contributed by atoms with Crippen molar-refractivity contribution in [3.63, 3.8) is 0 Å². The molecule has 3 aromatic rings. The average molecular weight is 583 g/mol. The van der Waals surface area contributed by atoms with Crippen LogP contribution in [0.5, 0.6) is 5.75 Å². The van der Waals surface area contributed by atoms with Crippen LogP contribution in [0.1, 0.15) is 64.2 Å². The number of rotatable bonds is 7. The van der Waals surface area contributed by atoms with Gasteiger partial charge < -0.3 is 14.1 Å². The standard InChI is InChI=1S/C34H42N4O3Si/c1-23(2)41-31-12-11-24(17-25(31)18-35)29-19-37-30(20-36-29)27-9-8-10-28-26(27)13-14-34(28)15-16-38(22-34)32(39)21-40-42(6,7)33(3,4)5/h8-12,17,19-20,23H,13-16,21-22H2,1-7H3. The van der Waals surface area contributed by atoms with Gasteiger partial charge in [0.2, 0.25) is 5.91 Å². The van der Waals surface area contributed by atoms with Crippen molar-refractivity contribution in [1.29, 1.82) is 5.26 Å². The van der Waals surface area contributed by atoms with Crippen LogP contribution in [0.2, 0.25) is 18.1 Å². The summed E-state index contributed by atoms with van der Waals surface area (Å²) in [6, 6.07) is 14.2. The number of nitrogens with zero attached hydrogens (tertiary/aromatic N) is 4. The van der Waals surface area contributed by atoms with E-state index in [1.807, 2.05) is 37.1 Å². The van der Waals surface area contributed by atoms with Crippen molar-refractivity contribution in [2.45, 2.75) is 83.5 Å². The lowest BCUT2D eigenvalue weighted by atomic mass is 9.80. The third kappa shape index (κ3) is 5.73. The molecule has 42 heavy (non-hydrogen) atoms. The number of fused-ring (bicyclic) bond motifs is 2. The van der Waals surface area contributed by atoms with Crippen molar-refractivity contribution >= 4 is 14.2 Å². The largest absolute Gasteiger partial charge is 0.490 e. The fourth-order valence-corrected chi connectivity index (χ4v) is 6.82. The van der Waals surface area contributed by atoms with Crippen LogP contribution in [0.4, 0.5) is 0 Å². The number of carbonyl (C=O) groups excluding carboxylic acids is 1. The van der Waals surface area contributed by atoms with Crippen LogP contribution in [0.25, 0.3) is 22.5 Å². The van der Waals surface area contributed by atoms with Crippen molar-refractivity contribution < 1.29 is 14.0 Å². The third-order valence-corrected chi connectivity index (χ3v) is 13.8. The molecule has 1 aromatic heterocycles. The molecule has 1 atom stereocenters. The predicted octanol–water partition coefficient (Wildman–Crippen LogP) is 6.91. The molecular weight excluding hydrogens is 540 g/mol. The first-order valence-corrected chi connectivity index (χ1v) is 17.8. The third-order valence-electron chi connectivity index (χ3n) is 9.36. The summed E-state index contributed by atoms with van der Waals surface area (Å²) in [5.74, 6) is 0.677. The molecule has 0 radical (unpaired) electrons. The molecule has 1 fully saturated rings. The molecule has 1 unspecified atom stereocenters. The Labute approximate surface area is 251 Å². The van der Waals surface area contributed by atoms with Gasteiger partial charge in [0, 0.05) is 29.6 Å². The van der Waals surface area contributed by atoms with Crippen molar-refractivity contribution in [1.82, 2.24) is 14.9 Å². The zero-order valence-electron chi connectivity index (χ0n) is 26.0. The van der Waals surface area contributed by atoms with Crippen LogP contribution in [-0.4, -0.2) is 54.9 Å². The summed E-state index contributed by atoms with van der Waals surface area (Å²) in [5.41, 5.74) is 6.59. The fourth-order valence-electron chi connectivity index (χ4n) is 5.90. The molecule has 5 rings (SSSR count). The van der Waals surface area contributed by atoms with Gasteiger partial charge in [0.25, 0.3) is 0 Å². The summed E-state index contributed by atoms with van der Waals surface area (Å²) < 4.78 is 12.0. The number of nitriles is 1. The van der Waals surface area contributed by atoms with Gasteiger partial charge in [-0.2, -0.15) is 5.26 Å². The van der Waals surface area contributed by atoms with E-state index in [1.54, 1.807) is 12.3 Å². The summed E-state index contributed by atoms with van der Waals surface area (Å²) >= 11 is 0. The molecule has 0 bridgehead atoms. The molecule has 1 spiro atoms. The lowest BCUT2D eigenvalue weighted by Crippen LogP contribution is -2.44. The summed E-state index contributed by atoms with van der Waals surface area (Å²) in [4.78, 5) is 24.7. The predicted molar refractivity (Wildman–Crippen MR) is 168 cm³/mol. The van der Waals surface area contributed by atoms with E-state index in [-0.39, 0.29) is 29.1 Å². The zero-order valence-corrected chi connectivity index (χ0v) is 27.0. The fraction of sp³-hybridized carbons (Fsp3) is 0.471. The number of amides is 1. The molecule has 0 N–H and O–H groups in total. The summed E-state index contributed by atoms with van der Waals surface area (Å²) in [5, 5.41) is 9.69. The Hall–Kier alpha value is -3.54. The Kier molecular flexibility index (Phi) is 8.03. The van der Waals surface area contributed by atoms with Crippen LogP contribution in [0.15, 0.2) is 48.8 Å². The average Bonchev–Trinajstić information content (AvgIpc) is 3.55. The lowest BCUT2D eigenvalue weighted by Gasteiger charge is -2.36. The van der Waals surface area contributed by atoms with E-state index in [1.165, 1.54) is 11.1 Å². The number of aromatic nitrogens is 2. The SMILES string of the molecule is CC(C)Oc1ccc(-c2cnc(-c3cccc4c3CCC43CCN(C(=O)CO[Si](C)(C)C(C)(C)C)C3)cn2)cc1C#N. The highest BCUT2D eigenvalue weighted by Crippen LogP contribution is 2.48. The molecule has 1 aliphatic carbocycles. The Balaban J connectivity index is 1.33. The van der Waals surface area contributed by atoms with E-state index >= 15 is 0 Å². The second-order valence-electron chi connectivity index (χ2n) is 13.5. The smallest absolute Gasteiger partial charge is 0.247 e. The molecule has 7 nitrogen and oxygen atoms in total. The maximum atomic E-state index is 13.2. The van der Waals surface area contributed by atoms with Crippen LogP contribution in [-0.2, 0) is 21.1 Å². The van der Waals surface area contributed by atoms with Crippen LogP contribution in [0.3, 0.4) is 0 Å². The van der Waals surface area contributed by atoms with E-state index < -0.39 is 8.32 Å². The molecule has 1 aliphatic heterocycles. The number of benzene rings is 2. The Morgan fingerprint density at radius 3 is 2.52 bits per heavy atom. The highest BCUT2D eigenvalue weighted by molar-refractivity contribution is 6.74. The van der Waals surface area contributed by atoms with Gasteiger partial charge in [0.15, 0.2) is 8.32 Å². The topological polar surface area (TPSA) is 88.3 Å². The maximum Gasteiger partial charge on any atom is 0.247 e. The van der Waals surface area contributed by atoms with Gasteiger partial charge in [0.05, 0.1) is 35.4 Å². The van der Waals surface area contributed by atoms with Gasteiger partial charge in [-0.1, -0.05) is 39.0 Å².